The average molecular weight is 336 g/mol. The van der Waals surface area contributed by atoms with Crippen LogP contribution in [-0.2, 0) is 16.0 Å². The fourth-order valence-corrected chi connectivity index (χ4v) is 1.83. The van der Waals surface area contributed by atoms with Gasteiger partial charge in [-0.05, 0) is 23.6 Å². The summed E-state index contributed by atoms with van der Waals surface area (Å²) in [5.74, 6) is -2.77. The summed E-state index contributed by atoms with van der Waals surface area (Å²) < 4.78 is 0. The van der Waals surface area contributed by atoms with Gasteiger partial charge in [0.2, 0.25) is 0 Å². The summed E-state index contributed by atoms with van der Waals surface area (Å²) in [5.41, 5.74) is 0.406. The van der Waals surface area contributed by atoms with E-state index in [2.05, 4.69) is 0 Å². The Morgan fingerprint density at radius 2 is 1.41 bits per heavy atom. The van der Waals surface area contributed by atoms with Gasteiger partial charge in [-0.15, -0.1) is 0 Å². The molecule has 0 atom stereocenters. The van der Waals surface area contributed by atoms with Crippen molar-refractivity contribution in [2.75, 3.05) is 0 Å². The predicted octanol–water partition coefficient (Wildman–Crippen LogP) is 0.111. The number of carboxylic acid groups (broad SMARTS) is 2. The molecule has 0 aromatic heterocycles. The molecule has 0 amide bonds. The Hall–Kier alpha value is 0.700. The van der Waals surface area contributed by atoms with E-state index in [1.165, 1.54) is 12.1 Å². The van der Waals surface area contributed by atoms with E-state index >= 15 is 0 Å². The zero-order valence-corrected chi connectivity index (χ0v) is 10.8. The normalized spacial score (nSPS) is 10.5. The molecule has 3 N–H and O–H groups in total. The van der Waals surface area contributed by atoms with Crippen LogP contribution < -0.4 is 0 Å². The van der Waals surface area contributed by atoms with Crippen LogP contribution in [0.15, 0.2) is 35.4 Å². The van der Waals surface area contributed by atoms with Gasteiger partial charge in [0.15, 0.2) is 0 Å². The van der Waals surface area contributed by atoms with Crippen molar-refractivity contribution in [3.8, 4) is 5.75 Å². The molecule has 0 radical (unpaired) electrons. The van der Waals surface area contributed by atoms with Crippen LogP contribution in [0.3, 0.4) is 0 Å². The number of phenols is 1. The molecule has 8 heteroatoms. The molecule has 1 aromatic carbocycles. The van der Waals surface area contributed by atoms with Crippen LogP contribution in [0.4, 0.5) is 0 Å². The van der Waals surface area contributed by atoms with Crippen LogP contribution in [0, 0.1) is 5.92 Å². The molecule has 0 aliphatic heterocycles. The van der Waals surface area contributed by atoms with Crippen molar-refractivity contribution in [2.24, 2.45) is 5.92 Å². The van der Waals surface area contributed by atoms with E-state index < -0.39 is 11.9 Å². The summed E-state index contributed by atoms with van der Waals surface area (Å²) in [7, 11) is 0. The molecule has 0 aliphatic rings. The molecule has 22 heavy (non-hydrogen) atoms. The second kappa shape index (κ2) is 13.0. The third-order valence-electron chi connectivity index (χ3n) is 2.71. The van der Waals surface area contributed by atoms with Gasteiger partial charge in [-0.1, -0.05) is 26.0 Å². The van der Waals surface area contributed by atoms with Crippen molar-refractivity contribution in [3.63, 3.8) is 0 Å². The molecular weight excluding hydrogens is 317 g/mol. The minimum absolute atomic E-state index is 0. The van der Waals surface area contributed by atoms with Crippen LogP contribution in [0.5, 0.6) is 5.75 Å². The van der Waals surface area contributed by atoms with Crippen LogP contribution in [0.2, 0.25) is 0 Å². The molecule has 1 aromatic rings. The van der Waals surface area contributed by atoms with E-state index in [9.17, 15) is 14.7 Å². The summed E-state index contributed by atoms with van der Waals surface area (Å²) in [6, 6.07) is 6.01. The molecule has 0 spiro atoms. The maximum atomic E-state index is 11.3. The Bertz CT molecular complexity index is 524. The fourth-order valence-electron chi connectivity index (χ4n) is 1.83. The van der Waals surface area contributed by atoms with Crippen molar-refractivity contribution >= 4 is 101 Å². The van der Waals surface area contributed by atoms with Gasteiger partial charge in [0.1, 0.15) is 5.75 Å². The number of carboxylic acids is 2. The number of phenolic OH excluding ortho intramolecular Hbond substituents is 1. The van der Waals surface area contributed by atoms with Gasteiger partial charge in [-0.2, -0.15) is 0 Å². The molecule has 5 nitrogen and oxygen atoms in total. The van der Waals surface area contributed by atoms with Crippen molar-refractivity contribution in [2.45, 2.75) is 20.3 Å². The Kier molecular flexibility index (Phi) is 16.3. The Morgan fingerprint density at radius 1 is 0.955 bits per heavy atom. The van der Waals surface area contributed by atoms with E-state index in [-0.39, 0.29) is 118 Å². The number of carbonyl (C=O) groups is 2. The van der Waals surface area contributed by atoms with Crippen LogP contribution in [0.25, 0.3) is 0 Å². The summed E-state index contributed by atoms with van der Waals surface area (Å²) in [5, 5.41) is 27.5. The van der Waals surface area contributed by atoms with Crippen molar-refractivity contribution in [1.29, 1.82) is 0 Å². The van der Waals surface area contributed by atoms with Gasteiger partial charge in [0.25, 0.3) is 0 Å². The van der Waals surface area contributed by atoms with E-state index in [1.54, 1.807) is 26.0 Å². The Morgan fingerprint density at radius 3 is 1.73 bits per heavy atom. The standard InChI is InChI=1S/C14H16O5.3Na.3H/c1-8(2)12(14(18)19)11(13(16)17)7-9-3-5-10(15)6-4-9;;;;;;/h3-6,8,15H,7H2,1-2H3,(H,16,17)(H,18,19);;;;;;/b12-11-;;;;;;. The number of aromatic hydroxyl groups is 1. The first-order chi connectivity index (χ1) is 8.82. The molecule has 0 heterocycles. The van der Waals surface area contributed by atoms with Gasteiger partial charge in [-0.3, -0.25) is 0 Å². The third-order valence-corrected chi connectivity index (χ3v) is 2.71. The molecule has 0 saturated carbocycles. The Labute approximate surface area is 196 Å². The maximum absolute atomic E-state index is 11.3. The second-order valence-corrected chi connectivity index (χ2v) is 4.50. The number of rotatable bonds is 5. The molecule has 0 aliphatic carbocycles. The van der Waals surface area contributed by atoms with Crippen LogP contribution >= 0.6 is 0 Å². The number of aliphatic carboxylic acids is 2. The first-order valence-corrected chi connectivity index (χ1v) is 5.80. The van der Waals surface area contributed by atoms with E-state index in [4.69, 9.17) is 10.2 Å². The molecule has 0 fully saturated rings. The quantitative estimate of drug-likeness (QED) is 0.524. The first kappa shape index (κ1) is 27.5. The predicted molar refractivity (Wildman–Crippen MR) is 90.4 cm³/mol. The average Bonchev–Trinajstić information content (AvgIpc) is 2.29. The van der Waals surface area contributed by atoms with Crippen molar-refractivity contribution in [3.05, 3.63) is 41.0 Å². The molecule has 0 bridgehead atoms. The van der Waals surface area contributed by atoms with Gasteiger partial charge in [-0.25, -0.2) is 9.59 Å². The van der Waals surface area contributed by atoms with Gasteiger partial charge in [0.05, 0.1) is 11.1 Å². The molecule has 108 valence electrons. The van der Waals surface area contributed by atoms with Crippen LogP contribution in [0.1, 0.15) is 19.4 Å². The minimum atomic E-state index is -1.24. The monoisotopic (exact) mass is 336 g/mol. The summed E-state index contributed by atoms with van der Waals surface area (Å²) in [6.45, 7) is 3.28. The van der Waals surface area contributed by atoms with Gasteiger partial charge >= 0.3 is 101 Å². The van der Waals surface area contributed by atoms with Crippen molar-refractivity contribution < 1.29 is 24.9 Å². The summed E-state index contributed by atoms with van der Waals surface area (Å²) in [6.07, 6.45) is 0.00935. The first-order valence-electron chi connectivity index (χ1n) is 5.80. The van der Waals surface area contributed by atoms with Crippen molar-refractivity contribution in [1.82, 2.24) is 0 Å². The third kappa shape index (κ3) is 8.52. The zero-order valence-electron chi connectivity index (χ0n) is 10.8. The number of hydrogen-bond donors (Lipinski definition) is 3. The number of hydrogen-bond acceptors (Lipinski definition) is 3. The molecule has 0 saturated heterocycles. The molecule has 1 rings (SSSR count). The number of benzene rings is 1. The van der Waals surface area contributed by atoms with Gasteiger partial charge in [0, 0.05) is 6.42 Å². The van der Waals surface area contributed by atoms with E-state index in [0.717, 1.165) is 0 Å². The summed E-state index contributed by atoms with van der Waals surface area (Å²) >= 11 is 0. The van der Waals surface area contributed by atoms with E-state index in [0.29, 0.717) is 5.56 Å². The van der Waals surface area contributed by atoms with Crippen LogP contribution in [-0.4, -0.2) is 116 Å². The molecular formula is C14H19Na3O5. The fraction of sp³-hybridized carbons (Fsp3) is 0.286. The zero-order chi connectivity index (χ0) is 14.6. The van der Waals surface area contributed by atoms with E-state index in [1.807, 2.05) is 0 Å². The topological polar surface area (TPSA) is 94.8 Å². The SMILES string of the molecule is CC(C)/C(C(=O)O)=C(\Cc1ccc(O)cc1)C(=O)O.[NaH].[NaH].[NaH]. The Balaban J connectivity index is -0.00000120. The van der Waals surface area contributed by atoms with Gasteiger partial charge < -0.3 is 15.3 Å². The second-order valence-electron chi connectivity index (χ2n) is 4.50. The molecule has 0 unspecified atom stereocenters. The summed E-state index contributed by atoms with van der Waals surface area (Å²) in [4.78, 5) is 22.4.